The molecular weight excluding hydrogens is 1470 g/mol. The Labute approximate surface area is 601 Å². The molecule has 26 nitrogen and oxygen atoms in total. The highest BCUT2D eigenvalue weighted by atomic mass is 35.5. The first-order chi connectivity index (χ1) is 47.1. The highest BCUT2D eigenvalue weighted by Crippen LogP contribution is 2.48. The van der Waals surface area contributed by atoms with Gasteiger partial charge in [-0.25, -0.2) is 56.7 Å². The number of sulfonamides is 2. The van der Waals surface area contributed by atoms with Crippen molar-refractivity contribution in [3.05, 3.63) is 115 Å². The molecule has 0 bridgehead atoms. The van der Waals surface area contributed by atoms with Crippen molar-refractivity contribution in [2.75, 3.05) is 37.7 Å². The van der Waals surface area contributed by atoms with E-state index in [1.807, 2.05) is 56.1 Å². The number of hydrogen-bond acceptors (Lipinski definition) is 24. The number of halogens is 5. The number of nitrogens with zero attached hydrogens (tertiary/aromatic N) is 22. The van der Waals surface area contributed by atoms with E-state index in [1.54, 1.807) is 89.1 Å². The maximum absolute atomic E-state index is 12.1. The van der Waals surface area contributed by atoms with E-state index in [4.69, 9.17) is 68.5 Å². The lowest BCUT2D eigenvalue weighted by molar-refractivity contribution is 0.0719. The van der Waals surface area contributed by atoms with Crippen molar-refractivity contribution < 1.29 is 16.8 Å². The molecule has 4 fully saturated rings. The Morgan fingerprint density at radius 1 is 0.439 bits per heavy atom. The molecule has 500 valence electrons. The first-order valence-corrected chi connectivity index (χ1v) is 38.7. The van der Waals surface area contributed by atoms with E-state index in [-0.39, 0.29) is 82.7 Å². The molecule has 0 atom stereocenters. The molecule has 16 rings (SSSR count). The maximum atomic E-state index is 12.1. The van der Waals surface area contributed by atoms with Gasteiger partial charge in [0.1, 0.15) is 11.1 Å². The van der Waals surface area contributed by atoms with E-state index in [0.717, 1.165) is 95.5 Å². The molecule has 2 aliphatic heterocycles. The number of thiophene rings is 4. The van der Waals surface area contributed by atoms with E-state index >= 15 is 0 Å². The lowest BCUT2D eigenvalue weighted by Gasteiger charge is -2.47. The Kier molecular flexibility index (Phi) is 19.2. The molecule has 14 heterocycles. The molecule has 2 aliphatic carbocycles. The molecule has 98 heavy (non-hydrogen) atoms. The van der Waals surface area contributed by atoms with Gasteiger partial charge in [-0.1, -0.05) is 11.6 Å². The minimum atomic E-state index is -3.30. The van der Waals surface area contributed by atoms with Crippen LogP contribution in [-0.4, -0.2) is 142 Å². The average Bonchev–Trinajstić information content (AvgIpc) is 0.824. The topological polar surface area (TPSA) is 344 Å². The molecule has 4 aliphatic rings. The van der Waals surface area contributed by atoms with Crippen molar-refractivity contribution in [1.29, 1.82) is 21.0 Å². The fourth-order valence-corrected chi connectivity index (χ4v) is 18.8. The van der Waals surface area contributed by atoms with E-state index in [9.17, 15) is 27.4 Å². The first kappa shape index (κ1) is 68.7. The van der Waals surface area contributed by atoms with Gasteiger partial charge in [0.25, 0.3) is 0 Å². The van der Waals surface area contributed by atoms with Crippen molar-refractivity contribution in [1.82, 2.24) is 87.6 Å². The Bertz CT molecular complexity index is 5460. The summed E-state index contributed by atoms with van der Waals surface area (Å²) in [4.78, 5) is 34.2. The molecule has 0 amide bonds. The van der Waals surface area contributed by atoms with Crippen molar-refractivity contribution in [2.45, 2.75) is 93.8 Å². The van der Waals surface area contributed by atoms with Crippen LogP contribution in [0.4, 0.5) is 0 Å². The molecule has 12 aromatic heterocycles. The van der Waals surface area contributed by atoms with Gasteiger partial charge in [-0.2, -0.15) is 50.1 Å². The van der Waals surface area contributed by atoms with Gasteiger partial charge < -0.3 is 0 Å². The quantitative estimate of drug-likeness (QED) is 0.0811. The molecule has 0 radical (unpaired) electrons. The molecule has 37 heteroatoms. The van der Waals surface area contributed by atoms with Crippen molar-refractivity contribution in [3.63, 3.8) is 0 Å². The third kappa shape index (κ3) is 13.2. The number of fused-ring (bicyclic) bond motifs is 4. The van der Waals surface area contributed by atoms with E-state index in [2.05, 4.69) is 84.5 Å². The van der Waals surface area contributed by atoms with Crippen molar-refractivity contribution in [2.24, 2.45) is 0 Å². The van der Waals surface area contributed by atoms with Crippen LogP contribution in [0, 0.1) is 45.3 Å². The van der Waals surface area contributed by atoms with Crippen LogP contribution in [0.5, 0.6) is 0 Å². The van der Waals surface area contributed by atoms with E-state index in [0.29, 0.717) is 39.6 Å². The van der Waals surface area contributed by atoms with Crippen LogP contribution in [0.15, 0.2) is 90.0 Å². The molecule has 2 saturated heterocycles. The second kappa shape index (κ2) is 27.4. The Hall–Kier alpha value is -7.77. The Morgan fingerprint density at radius 3 is 1.05 bits per heavy atom. The smallest absolute Gasteiger partial charge is 0.223 e. The highest BCUT2D eigenvalue weighted by Gasteiger charge is 2.51. The number of aromatic nitrogens is 16. The number of hydrogen-bond donors (Lipinski definition) is 0. The molecular formula is C61H51Cl5N22O4S6. The third-order valence-corrected chi connectivity index (χ3v) is 25.9. The van der Waals surface area contributed by atoms with Crippen molar-refractivity contribution >= 4 is 164 Å². The Morgan fingerprint density at radius 2 is 0.745 bits per heavy atom. The van der Waals surface area contributed by atoms with E-state index in [1.165, 1.54) is 31.3 Å². The molecule has 2 saturated carbocycles. The second-order valence-electron chi connectivity index (χ2n) is 23.7. The predicted molar refractivity (Wildman–Crippen MR) is 378 cm³/mol. The normalized spacial score (nSPS) is 16.6. The van der Waals surface area contributed by atoms with Crippen LogP contribution in [-0.2, 0) is 42.2 Å². The number of nitriles is 4. The van der Waals surface area contributed by atoms with Crippen LogP contribution in [0.1, 0.15) is 71.6 Å². The zero-order valence-electron chi connectivity index (χ0n) is 51.6. The first-order valence-electron chi connectivity index (χ1n) is 30.1. The third-order valence-electron chi connectivity index (χ3n) is 17.7. The summed E-state index contributed by atoms with van der Waals surface area (Å²) in [6, 6.07) is 16.3. The minimum Gasteiger partial charge on any atom is -0.265 e. The fraction of sp³-hybridized carbons (Fsp3) is 0.344. The van der Waals surface area contributed by atoms with Crippen LogP contribution in [0.25, 0.3) is 85.9 Å². The van der Waals surface area contributed by atoms with Gasteiger partial charge in [0.15, 0.2) is 0 Å². The summed E-state index contributed by atoms with van der Waals surface area (Å²) < 4.78 is 62.5. The minimum absolute atomic E-state index is 0.0243. The van der Waals surface area contributed by atoms with Gasteiger partial charge in [0.05, 0.1) is 165 Å². The zero-order valence-corrected chi connectivity index (χ0v) is 60.3. The lowest BCUT2D eigenvalue weighted by Crippen LogP contribution is -2.64. The maximum Gasteiger partial charge on any atom is 0.223 e. The van der Waals surface area contributed by atoms with Crippen LogP contribution >= 0.6 is 103 Å². The Balaban J connectivity index is 0.000000118. The summed E-state index contributed by atoms with van der Waals surface area (Å²) in [6.07, 6.45) is 20.8. The van der Waals surface area contributed by atoms with Gasteiger partial charge >= 0.3 is 0 Å². The molecule has 0 N–H and O–H groups in total. The van der Waals surface area contributed by atoms with Crippen LogP contribution < -0.4 is 0 Å². The summed E-state index contributed by atoms with van der Waals surface area (Å²) in [7, 11) is -6.59. The summed E-state index contributed by atoms with van der Waals surface area (Å²) in [6.45, 7) is 4.09. The van der Waals surface area contributed by atoms with Gasteiger partial charge in [-0.3, -0.25) is 18.7 Å². The van der Waals surface area contributed by atoms with Crippen LogP contribution in [0.2, 0.25) is 25.5 Å². The SMILES string of the molecule is CCS(=O)(=O)N1CC(CC#N)(n2cc(-c3nc(Cl)nc4cc(Cl)sc34)cn2)C1.CCS(=O)(=O)N1CC(CC#N)(n2cc(-c3nc(Cl)nc4ccsc34)cn2)C1.N#CCC1(n2cc(-c3nc(Cl)nc4ccsc34)cn2)CC1.N#CCC1(n2cc(-c3nc(Cl)nc4ccsc34)cn2)CCC1. The second-order valence-corrected chi connectivity index (χ2v) is 34.0. The van der Waals surface area contributed by atoms with Gasteiger partial charge in [0.2, 0.25) is 41.2 Å². The summed E-state index contributed by atoms with van der Waals surface area (Å²) in [5, 5.41) is 60.9. The molecule has 0 spiro atoms. The van der Waals surface area contributed by atoms with Gasteiger partial charge in [-0.05, 0) is 133 Å². The zero-order chi connectivity index (χ0) is 68.9. The average molecular weight is 1530 g/mol. The molecule has 0 aromatic carbocycles. The van der Waals surface area contributed by atoms with Crippen molar-refractivity contribution in [3.8, 4) is 69.3 Å². The number of rotatable bonds is 16. The largest absolute Gasteiger partial charge is 0.265 e. The lowest BCUT2D eigenvalue weighted by atomic mass is 9.75. The van der Waals surface area contributed by atoms with Crippen LogP contribution in [0.3, 0.4) is 0 Å². The monoisotopic (exact) mass is 1520 g/mol. The summed E-state index contributed by atoms with van der Waals surface area (Å²) >= 11 is 36.3. The summed E-state index contributed by atoms with van der Waals surface area (Å²) in [5.74, 6) is 0.0618. The predicted octanol–water partition coefficient (Wildman–Crippen LogP) is 13.2. The standard InChI is InChI=1S/C16H14Cl2N6O2S2.C16H15ClN6O2S2.C15H12ClN5S.C14H10ClN5S/c1-2-28(25,26)23-8-16(9-23,3-4-19)24-7-10(6-20-24)13-14-11(5-12(17)27-14)21-15(18)22-13;1-2-27(24,25)22-9-16(10-22,4-5-18)23-8-11(7-19-23)13-14-12(3-6-26-14)20-15(17)21-13;16-14-19-11-2-7-22-13(11)12(20-14)10-8-18-21(9-10)15(5-6-17)3-1-4-15;15-13-18-10-1-6-21-12(10)11(19-13)9-7-17-20(8-9)14(2-3-14)4-5-16/h5-7H,2-3,8-9H2,1H3;3,6-8H,2,4,9-10H2,1H3;2,7-9H,1,3-5H2;1,6-8H,2-4H2. The fourth-order valence-electron chi connectivity index (χ4n) is 11.9. The summed E-state index contributed by atoms with van der Waals surface area (Å²) in [5.41, 5.74) is 7.66. The molecule has 0 unspecified atom stereocenters. The van der Waals surface area contributed by atoms with E-state index < -0.39 is 31.1 Å². The van der Waals surface area contributed by atoms with Gasteiger partial charge in [0, 0.05) is 73.2 Å². The highest BCUT2D eigenvalue weighted by molar-refractivity contribution is 7.89. The van der Waals surface area contributed by atoms with Gasteiger partial charge in [-0.15, -0.1) is 45.3 Å². The molecule has 12 aromatic rings.